The van der Waals surface area contributed by atoms with Crippen molar-refractivity contribution in [3.63, 3.8) is 0 Å². The molecule has 1 atom stereocenters. The second-order valence-corrected chi connectivity index (χ2v) is 6.83. The van der Waals surface area contributed by atoms with Gasteiger partial charge in [-0.1, -0.05) is 0 Å². The minimum Gasteiger partial charge on any atom is -0.481 e. The fraction of sp³-hybridized carbons (Fsp3) is 0.833. The van der Waals surface area contributed by atoms with Gasteiger partial charge in [0.25, 0.3) is 0 Å². The molecule has 0 aromatic carbocycles. The van der Waals surface area contributed by atoms with Crippen LogP contribution in [0, 0.1) is 5.41 Å². The van der Waals surface area contributed by atoms with Crippen LogP contribution < -0.4 is 0 Å². The summed E-state index contributed by atoms with van der Waals surface area (Å²) in [6, 6.07) is 0. The Morgan fingerprint density at radius 3 is 2.39 bits per heavy atom. The smallest absolute Gasteiger partial charge is 0.303 e. The molecule has 1 N–H and O–H groups in total. The fourth-order valence-electron chi connectivity index (χ4n) is 1.89. The molecule has 1 aliphatic rings. The molecule has 1 aliphatic carbocycles. The standard InChI is InChI=1S/C12H21NO4S/c1-13(2)10(14)4-3-7-18(17)9-12(5-6-12)8-11(15)16/h3-9H2,1-2H3,(H,15,16). The van der Waals surface area contributed by atoms with E-state index in [9.17, 15) is 13.8 Å². The van der Waals surface area contributed by atoms with Gasteiger partial charge in [0.2, 0.25) is 5.91 Å². The topological polar surface area (TPSA) is 74.7 Å². The summed E-state index contributed by atoms with van der Waals surface area (Å²) in [5, 5.41) is 8.76. The summed E-state index contributed by atoms with van der Waals surface area (Å²) in [4.78, 5) is 23.5. The number of hydrogen-bond acceptors (Lipinski definition) is 3. The lowest BCUT2D eigenvalue weighted by atomic mass is 10.1. The molecule has 0 radical (unpaired) electrons. The maximum Gasteiger partial charge on any atom is 0.303 e. The van der Waals surface area contributed by atoms with Gasteiger partial charge in [0.05, 0.1) is 6.42 Å². The van der Waals surface area contributed by atoms with Gasteiger partial charge >= 0.3 is 5.97 Å². The van der Waals surface area contributed by atoms with Gasteiger partial charge in [-0.25, -0.2) is 0 Å². The first kappa shape index (κ1) is 15.1. The Morgan fingerprint density at radius 2 is 1.94 bits per heavy atom. The molecule has 0 aromatic heterocycles. The number of aliphatic carboxylic acids is 1. The van der Waals surface area contributed by atoms with Crippen molar-refractivity contribution >= 4 is 22.7 Å². The Bertz CT molecular complexity index is 350. The van der Waals surface area contributed by atoms with Gasteiger partial charge in [0.1, 0.15) is 0 Å². The van der Waals surface area contributed by atoms with Crippen LogP contribution in [-0.4, -0.2) is 51.7 Å². The predicted molar refractivity (Wildman–Crippen MR) is 69.7 cm³/mol. The summed E-state index contributed by atoms with van der Waals surface area (Å²) in [6.45, 7) is 0. The van der Waals surface area contributed by atoms with Gasteiger partial charge in [-0.2, -0.15) is 0 Å². The third-order valence-corrected chi connectivity index (χ3v) is 4.89. The first-order chi connectivity index (χ1) is 8.34. The maximum absolute atomic E-state index is 11.8. The van der Waals surface area contributed by atoms with Gasteiger partial charge in [-0.05, 0) is 24.7 Å². The van der Waals surface area contributed by atoms with Crippen LogP contribution in [0.25, 0.3) is 0 Å². The van der Waals surface area contributed by atoms with E-state index in [0.29, 0.717) is 24.3 Å². The molecule has 0 spiro atoms. The summed E-state index contributed by atoms with van der Waals surface area (Å²) >= 11 is 0. The molecule has 0 heterocycles. The summed E-state index contributed by atoms with van der Waals surface area (Å²) in [6.07, 6.45) is 2.86. The quantitative estimate of drug-likeness (QED) is 0.713. The van der Waals surface area contributed by atoms with E-state index in [1.54, 1.807) is 14.1 Å². The van der Waals surface area contributed by atoms with Crippen molar-refractivity contribution in [3.8, 4) is 0 Å². The normalized spacial score (nSPS) is 18.1. The Balaban J connectivity index is 2.22. The molecule has 1 saturated carbocycles. The zero-order chi connectivity index (χ0) is 13.8. The SMILES string of the molecule is CN(C)C(=O)CCCS(=O)CC1(CC(=O)O)CC1. The first-order valence-corrected chi connectivity index (χ1v) is 7.60. The summed E-state index contributed by atoms with van der Waals surface area (Å²) in [5.41, 5.74) is -0.220. The monoisotopic (exact) mass is 275 g/mol. The lowest BCUT2D eigenvalue weighted by molar-refractivity contribution is -0.138. The second kappa shape index (κ2) is 6.31. The lowest BCUT2D eigenvalue weighted by Crippen LogP contribution is -2.22. The van der Waals surface area contributed by atoms with Gasteiger partial charge in [-0.3, -0.25) is 13.8 Å². The fourth-order valence-corrected chi connectivity index (χ4v) is 3.58. The van der Waals surface area contributed by atoms with Crippen LogP contribution in [0.2, 0.25) is 0 Å². The van der Waals surface area contributed by atoms with E-state index >= 15 is 0 Å². The zero-order valence-electron chi connectivity index (χ0n) is 11.0. The van der Waals surface area contributed by atoms with Gasteiger partial charge in [0, 0.05) is 42.8 Å². The number of nitrogens with zero attached hydrogens (tertiary/aromatic N) is 1. The van der Waals surface area contributed by atoms with E-state index in [4.69, 9.17) is 5.11 Å². The predicted octanol–water partition coefficient (Wildman–Crippen LogP) is 0.858. The molecule has 0 saturated heterocycles. The molecule has 1 rings (SSSR count). The van der Waals surface area contributed by atoms with Crippen LogP contribution in [-0.2, 0) is 20.4 Å². The number of carbonyl (C=O) groups is 2. The molecule has 0 aromatic rings. The Hall–Kier alpha value is -0.910. The van der Waals surface area contributed by atoms with Gasteiger partial charge in [-0.15, -0.1) is 0 Å². The van der Waals surface area contributed by atoms with E-state index in [1.165, 1.54) is 4.90 Å². The van der Waals surface area contributed by atoms with E-state index in [-0.39, 0.29) is 17.7 Å². The van der Waals surface area contributed by atoms with Crippen LogP contribution in [0.3, 0.4) is 0 Å². The number of rotatable bonds is 8. The minimum atomic E-state index is -1.01. The van der Waals surface area contributed by atoms with Crippen molar-refractivity contribution < 1.29 is 18.9 Å². The third-order valence-electron chi connectivity index (χ3n) is 3.21. The van der Waals surface area contributed by atoms with E-state index in [1.807, 2.05) is 0 Å². The summed E-state index contributed by atoms with van der Waals surface area (Å²) in [7, 11) is 2.39. The molecule has 0 bridgehead atoms. The van der Waals surface area contributed by atoms with E-state index in [2.05, 4.69) is 0 Å². The van der Waals surface area contributed by atoms with Crippen molar-refractivity contribution in [2.24, 2.45) is 5.41 Å². The molecule has 104 valence electrons. The lowest BCUT2D eigenvalue weighted by Gasteiger charge is -2.12. The number of carboxylic acids is 1. The third kappa shape index (κ3) is 5.16. The van der Waals surface area contributed by atoms with Crippen LogP contribution >= 0.6 is 0 Å². The molecule has 0 aliphatic heterocycles. The van der Waals surface area contributed by atoms with Crippen molar-refractivity contribution in [1.82, 2.24) is 4.90 Å². The summed E-state index contributed by atoms with van der Waals surface area (Å²) in [5.74, 6) is 0.183. The number of amides is 1. The van der Waals surface area contributed by atoms with Crippen LogP contribution in [0.15, 0.2) is 0 Å². The average molecular weight is 275 g/mol. The molecule has 1 unspecified atom stereocenters. The molecular formula is C12H21NO4S. The highest BCUT2D eigenvalue weighted by Crippen LogP contribution is 2.49. The van der Waals surface area contributed by atoms with Crippen LogP contribution in [0.4, 0.5) is 0 Å². The largest absolute Gasteiger partial charge is 0.481 e. The molecule has 1 amide bonds. The zero-order valence-corrected chi connectivity index (χ0v) is 11.8. The molecule has 1 fully saturated rings. The van der Waals surface area contributed by atoms with Crippen molar-refractivity contribution in [2.75, 3.05) is 25.6 Å². The van der Waals surface area contributed by atoms with Crippen molar-refractivity contribution in [2.45, 2.75) is 32.1 Å². The highest BCUT2D eigenvalue weighted by Gasteiger charge is 2.45. The Morgan fingerprint density at radius 1 is 1.33 bits per heavy atom. The Labute approximate surface area is 110 Å². The highest BCUT2D eigenvalue weighted by atomic mass is 32.2. The minimum absolute atomic E-state index is 0.0404. The maximum atomic E-state index is 11.8. The number of carboxylic acid groups (broad SMARTS) is 1. The second-order valence-electron chi connectivity index (χ2n) is 5.25. The first-order valence-electron chi connectivity index (χ1n) is 6.12. The van der Waals surface area contributed by atoms with Gasteiger partial charge < -0.3 is 10.0 Å². The van der Waals surface area contributed by atoms with Crippen LogP contribution in [0.1, 0.15) is 32.1 Å². The van der Waals surface area contributed by atoms with Crippen LogP contribution in [0.5, 0.6) is 0 Å². The van der Waals surface area contributed by atoms with Gasteiger partial charge in [0.15, 0.2) is 0 Å². The molecule has 18 heavy (non-hydrogen) atoms. The molecule has 6 heteroatoms. The molecule has 5 nitrogen and oxygen atoms in total. The van der Waals surface area contributed by atoms with E-state index in [0.717, 1.165) is 12.8 Å². The van der Waals surface area contributed by atoms with Crippen molar-refractivity contribution in [1.29, 1.82) is 0 Å². The highest BCUT2D eigenvalue weighted by molar-refractivity contribution is 7.85. The summed E-state index contributed by atoms with van der Waals surface area (Å²) < 4.78 is 11.8. The molecular weight excluding hydrogens is 254 g/mol. The van der Waals surface area contributed by atoms with Crippen molar-refractivity contribution in [3.05, 3.63) is 0 Å². The Kier molecular flexibility index (Phi) is 5.31. The average Bonchev–Trinajstić information content (AvgIpc) is 2.95. The number of hydrogen-bond donors (Lipinski definition) is 1. The number of carbonyl (C=O) groups excluding carboxylic acids is 1. The van der Waals surface area contributed by atoms with E-state index < -0.39 is 16.8 Å².